The van der Waals surface area contributed by atoms with Gasteiger partial charge in [-0.15, -0.1) is 0 Å². The Bertz CT molecular complexity index is 1690. The van der Waals surface area contributed by atoms with Gasteiger partial charge in [-0.1, -0.05) is 19.6 Å². The van der Waals surface area contributed by atoms with Crippen molar-refractivity contribution >= 4 is 32.7 Å². The predicted octanol–water partition coefficient (Wildman–Crippen LogP) is 7.20. The van der Waals surface area contributed by atoms with Gasteiger partial charge in [-0.2, -0.15) is 31.3 Å². The van der Waals surface area contributed by atoms with Crippen molar-refractivity contribution in [2.24, 2.45) is 11.8 Å². The lowest BCUT2D eigenvalue weighted by Crippen LogP contribution is -2.32. The number of fused-ring (bicyclic) bond motifs is 1. The highest BCUT2D eigenvalue weighted by atomic mass is 32.2. The largest absolute Gasteiger partial charge is 0.416 e. The number of nitrogens with zero attached hydrogens (tertiary/aromatic N) is 4. The van der Waals surface area contributed by atoms with Crippen LogP contribution in [0.5, 0.6) is 0 Å². The lowest BCUT2D eigenvalue weighted by atomic mass is 9.82. The van der Waals surface area contributed by atoms with Gasteiger partial charge in [0, 0.05) is 44.0 Å². The zero-order chi connectivity index (χ0) is 33.0. The number of halogens is 6. The molecule has 9 nitrogen and oxygen atoms in total. The highest BCUT2D eigenvalue weighted by molar-refractivity contribution is 7.89. The number of imidazole rings is 1. The van der Waals surface area contributed by atoms with E-state index in [2.05, 4.69) is 25.3 Å². The second kappa shape index (κ2) is 14.9. The van der Waals surface area contributed by atoms with E-state index in [4.69, 9.17) is 4.98 Å². The first-order valence-electron chi connectivity index (χ1n) is 14.8. The summed E-state index contributed by atoms with van der Waals surface area (Å²) >= 11 is 0. The van der Waals surface area contributed by atoms with Gasteiger partial charge in [-0.25, -0.2) is 23.1 Å². The molecule has 2 aromatic carbocycles. The Morgan fingerprint density at radius 2 is 1.49 bits per heavy atom. The fraction of sp³-hybridized carbons (Fsp3) is 0.452. The number of benzene rings is 2. The second-order valence-electron chi connectivity index (χ2n) is 11.4. The van der Waals surface area contributed by atoms with Crippen molar-refractivity contribution < 1.29 is 34.8 Å². The number of para-hydroxylation sites is 1. The average molecular weight is 686 g/mol. The second-order valence-corrected chi connectivity index (χ2v) is 13.1. The van der Waals surface area contributed by atoms with Gasteiger partial charge >= 0.3 is 12.4 Å². The summed E-state index contributed by atoms with van der Waals surface area (Å²) in [7, 11) is -4.62. The summed E-state index contributed by atoms with van der Waals surface area (Å²) in [5, 5.41) is 7.62. The van der Waals surface area contributed by atoms with Crippen molar-refractivity contribution in [2.45, 2.75) is 63.3 Å². The Kier molecular flexibility index (Phi) is 11.4. The molecule has 4 aromatic rings. The van der Waals surface area contributed by atoms with E-state index in [0.29, 0.717) is 31.9 Å². The van der Waals surface area contributed by atoms with Gasteiger partial charge in [-0.3, -0.25) is 0 Å². The molecule has 0 amide bonds. The Morgan fingerprint density at radius 3 is 2.11 bits per heavy atom. The van der Waals surface area contributed by atoms with Gasteiger partial charge in [0.1, 0.15) is 5.82 Å². The highest BCUT2D eigenvalue weighted by Crippen LogP contribution is 2.37. The quantitative estimate of drug-likeness (QED) is 0.107. The Morgan fingerprint density at radius 1 is 0.851 bits per heavy atom. The van der Waals surface area contributed by atoms with Crippen molar-refractivity contribution in [3.8, 4) is 0 Å². The molecule has 0 spiro atoms. The first kappa shape index (κ1) is 35.9. The van der Waals surface area contributed by atoms with Crippen LogP contribution >= 0.6 is 0 Å². The van der Waals surface area contributed by atoms with Gasteiger partial charge in [0.25, 0.3) is 0 Å². The number of anilines is 2. The summed E-state index contributed by atoms with van der Waals surface area (Å²) < 4.78 is 109. The SMILES string of the molecule is C.O=S(=O)(NCC1CCC(CNc2nc(NCCCn3ccnc3)c3ccccc3n2)CC1)c1cc(C(F)(F)F)cc(C(F)(F)F)c1. The van der Waals surface area contributed by atoms with E-state index in [0.717, 1.165) is 42.5 Å². The van der Waals surface area contributed by atoms with Crippen molar-refractivity contribution in [3.63, 3.8) is 0 Å². The summed E-state index contributed by atoms with van der Waals surface area (Å²) in [5.41, 5.74) is -2.57. The molecule has 0 saturated heterocycles. The highest BCUT2D eigenvalue weighted by Gasteiger charge is 2.38. The smallest absolute Gasteiger partial charge is 0.369 e. The molecule has 0 bridgehead atoms. The van der Waals surface area contributed by atoms with Crippen molar-refractivity contribution in [1.82, 2.24) is 24.2 Å². The molecular formula is C31H37F6N7O2S. The topological polar surface area (TPSA) is 114 Å². The number of hydrogen-bond acceptors (Lipinski definition) is 7. The summed E-state index contributed by atoms with van der Waals surface area (Å²) in [4.78, 5) is 12.3. The fourth-order valence-electron chi connectivity index (χ4n) is 5.45. The van der Waals surface area contributed by atoms with Crippen molar-refractivity contribution in [3.05, 3.63) is 72.3 Å². The molecule has 1 aliphatic rings. The Labute approximate surface area is 269 Å². The molecule has 0 aliphatic heterocycles. The molecule has 47 heavy (non-hydrogen) atoms. The van der Waals surface area contributed by atoms with Crippen LogP contribution in [-0.2, 0) is 28.9 Å². The lowest BCUT2D eigenvalue weighted by Gasteiger charge is -2.28. The van der Waals surface area contributed by atoms with Crippen molar-refractivity contribution in [1.29, 1.82) is 0 Å². The van der Waals surface area contributed by atoms with Crippen LogP contribution < -0.4 is 15.4 Å². The third-order valence-corrected chi connectivity index (χ3v) is 9.40. The fourth-order valence-corrected chi connectivity index (χ4v) is 6.63. The van der Waals surface area contributed by atoms with Gasteiger partial charge in [0.15, 0.2) is 0 Å². The molecular weight excluding hydrogens is 648 g/mol. The standard InChI is InChI=1S/C30H33F6N7O2S.CH4/c31-29(32,33)22-14-23(30(34,35)36)16-24(15-22)46(44,45)40-18-21-8-6-20(7-9-21)17-39-28-41-26-5-2-1-4-25(26)27(42-28)38-10-3-12-43-13-11-37-19-43;/h1-2,4-5,11,13-16,19-21,40H,3,6-10,12,17-18H2,(H2,38,39,41,42);1H4. The zero-order valence-corrected chi connectivity index (χ0v) is 25.4. The number of aromatic nitrogens is 4. The Hall–Kier alpha value is -3.92. The van der Waals surface area contributed by atoms with E-state index < -0.39 is 38.4 Å². The monoisotopic (exact) mass is 685 g/mol. The van der Waals surface area contributed by atoms with Crippen LogP contribution in [0.2, 0.25) is 0 Å². The third-order valence-electron chi connectivity index (χ3n) is 8.00. The van der Waals surface area contributed by atoms with Crippen LogP contribution in [-0.4, -0.2) is 47.6 Å². The minimum Gasteiger partial charge on any atom is -0.369 e. The van der Waals surface area contributed by atoms with Gasteiger partial charge in [0.05, 0.1) is 27.9 Å². The maximum Gasteiger partial charge on any atom is 0.416 e. The zero-order valence-electron chi connectivity index (χ0n) is 24.6. The number of hydrogen-bond donors (Lipinski definition) is 3. The Balaban J connectivity index is 0.00000500. The molecule has 1 fully saturated rings. The van der Waals surface area contributed by atoms with E-state index in [1.54, 1.807) is 12.5 Å². The number of rotatable bonds is 12. The molecule has 1 saturated carbocycles. The minimum atomic E-state index is -5.14. The third kappa shape index (κ3) is 9.56. The van der Waals surface area contributed by atoms with Crippen molar-refractivity contribution in [2.75, 3.05) is 30.3 Å². The van der Waals surface area contributed by atoms with Crippen LogP contribution in [0.3, 0.4) is 0 Å². The van der Waals surface area contributed by atoms with E-state index in [1.165, 1.54) is 0 Å². The molecule has 2 heterocycles. The number of aryl methyl sites for hydroxylation is 1. The van der Waals surface area contributed by atoms with E-state index in [-0.39, 0.29) is 44.0 Å². The summed E-state index contributed by atoms with van der Waals surface area (Å²) in [6.07, 6.45) is -1.26. The van der Waals surface area contributed by atoms with E-state index in [9.17, 15) is 34.8 Å². The summed E-state index contributed by atoms with van der Waals surface area (Å²) in [6.45, 7) is 2.00. The minimum absolute atomic E-state index is 0. The van der Waals surface area contributed by atoms with Crippen LogP contribution in [0, 0.1) is 11.8 Å². The van der Waals surface area contributed by atoms with Crippen LogP contribution in [0.4, 0.5) is 38.1 Å². The predicted molar refractivity (Wildman–Crippen MR) is 167 cm³/mol. The average Bonchev–Trinajstić information content (AvgIpc) is 3.54. The molecule has 2 aromatic heterocycles. The molecule has 0 atom stereocenters. The number of nitrogens with one attached hydrogen (secondary N) is 3. The van der Waals surface area contributed by atoms with Crippen LogP contribution in [0.25, 0.3) is 10.9 Å². The van der Waals surface area contributed by atoms with Crippen LogP contribution in [0.15, 0.2) is 66.1 Å². The first-order valence-corrected chi connectivity index (χ1v) is 16.3. The maximum atomic E-state index is 13.2. The summed E-state index contributed by atoms with van der Waals surface area (Å²) in [5.74, 6) is 1.32. The van der Waals surface area contributed by atoms with Gasteiger partial charge < -0.3 is 15.2 Å². The molecule has 1 aliphatic carbocycles. The van der Waals surface area contributed by atoms with E-state index in [1.807, 2.05) is 35.0 Å². The molecule has 5 rings (SSSR count). The summed E-state index contributed by atoms with van der Waals surface area (Å²) in [6, 6.07) is 8.03. The molecule has 256 valence electrons. The lowest BCUT2D eigenvalue weighted by molar-refractivity contribution is -0.143. The molecule has 0 unspecified atom stereocenters. The van der Waals surface area contributed by atoms with Crippen LogP contribution in [0.1, 0.15) is 50.7 Å². The number of sulfonamides is 1. The number of alkyl halides is 6. The molecule has 3 N–H and O–H groups in total. The van der Waals surface area contributed by atoms with E-state index >= 15 is 0 Å². The first-order chi connectivity index (χ1) is 21.8. The van der Waals surface area contributed by atoms with Gasteiger partial charge in [-0.05, 0) is 74.3 Å². The molecule has 0 radical (unpaired) electrons. The van der Waals surface area contributed by atoms with Gasteiger partial charge in [0.2, 0.25) is 16.0 Å². The maximum absolute atomic E-state index is 13.2. The molecule has 16 heteroatoms. The normalized spacial score (nSPS) is 17.3.